The van der Waals surface area contributed by atoms with E-state index in [4.69, 9.17) is 9.47 Å². The van der Waals surface area contributed by atoms with Crippen molar-refractivity contribution in [3.8, 4) is 11.5 Å². The summed E-state index contributed by atoms with van der Waals surface area (Å²) >= 11 is 0. The summed E-state index contributed by atoms with van der Waals surface area (Å²) < 4.78 is 11.5. The van der Waals surface area contributed by atoms with Gasteiger partial charge in [-0.2, -0.15) is 0 Å². The molecule has 0 bridgehead atoms. The number of rotatable bonds is 8. The lowest BCUT2D eigenvalue weighted by atomic mass is 10.1. The van der Waals surface area contributed by atoms with Gasteiger partial charge in [0, 0.05) is 11.6 Å². The first-order valence-electron chi connectivity index (χ1n) is 9.45. The van der Waals surface area contributed by atoms with E-state index in [1.165, 1.54) is 5.01 Å². The van der Waals surface area contributed by atoms with Gasteiger partial charge in [-0.3, -0.25) is 15.0 Å². The Labute approximate surface area is 164 Å². The van der Waals surface area contributed by atoms with Crippen molar-refractivity contribution in [2.24, 2.45) is 0 Å². The molecule has 0 aliphatic carbocycles. The molecule has 3 rings (SSSR count). The second-order valence-electron chi connectivity index (χ2n) is 6.37. The van der Waals surface area contributed by atoms with Crippen molar-refractivity contribution in [2.75, 3.05) is 18.2 Å². The van der Waals surface area contributed by atoms with Crippen LogP contribution >= 0.6 is 0 Å². The Kier molecular flexibility index (Phi) is 6.32. The Morgan fingerprint density at radius 3 is 2.39 bits per heavy atom. The number of hydrogen-bond donors (Lipinski definition) is 1. The van der Waals surface area contributed by atoms with Crippen molar-refractivity contribution >= 4 is 23.6 Å². The van der Waals surface area contributed by atoms with Gasteiger partial charge >= 0.3 is 0 Å². The number of carbonyl (C=O) groups excluding carboxylic acids is 2. The van der Waals surface area contributed by atoms with Crippen molar-refractivity contribution < 1.29 is 19.1 Å². The highest BCUT2D eigenvalue weighted by atomic mass is 16.5. The zero-order valence-corrected chi connectivity index (χ0v) is 16.1. The summed E-state index contributed by atoms with van der Waals surface area (Å²) in [6, 6.07) is 14.4. The summed E-state index contributed by atoms with van der Waals surface area (Å²) in [5.41, 5.74) is 3.93. The molecule has 0 unspecified atom stereocenters. The lowest BCUT2D eigenvalue weighted by Gasteiger charge is -2.14. The van der Waals surface area contributed by atoms with Gasteiger partial charge in [-0.05, 0) is 43.2 Å². The minimum atomic E-state index is -0.443. The number of ether oxygens (including phenoxy) is 2. The van der Waals surface area contributed by atoms with Crippen LogP contribution in [0.25, 0.3) is 6.08 Å². The molecule has 1 saturated heterocycles. The molecule has 0 spiro atoms. The zero-order chi connectivity index (χ0) is 19.9. The number of hydrazine groups is 1. The molecule has 1 heterocycles. The van der Waals surface area contributed by atoms with E-state index < -0.39 is 11.8 Å². The molecular weight excluding hydrogens is 356 g/mol. The maximum atomic E-state index is 12.8. The molecule has 1 aliphatic heterocycles. The molecular formula is C22H24N2O4. The van der Waals surface area contributed by atoms with Crippen LogP contribution in [0.15, 0.2) is 54.1 Å². The molecule has 2 aromatic carbocycles. The van der Waals surface area contributed by atoms with E-state index in [0.29, 0.717) is 36.0 Å². The van der Waals surface area contributed by atoms with Crippen LogP contribution in [0.2, 0.25) is 0 Å². The van der Waals surface area contributed by atoms with E-state index >= 15 is 0 Å². The smallest absolute Gasteiger partial charge is 0.282 e. The molecule has 1 aliphatic rings. The minimum Gasteiger partial charge on any atom is -0.493 e. The first kappa shape index (κ1) is 19.5. The quantitative estimate of drug-likeness (QED) is 0.560. The van der Waals surface area contributed by atoms with Crippen LogP contribution in [0, 0.1) is 0 Å². The predicted octanol–water partition coefficient (Wildman–Crippen LogP) is 3.73. The van der Waals surface area contributed by atoms with Gasteiger partial charge in [-0.25, -0.2) is 5.01 Å². The first-order chi connectivity index (χ1) is 13.6. The van der Waals surface area contributed by atoms with Crippen molar-refractivity contribution in [2.45, 2.75) is 26.7 Å². The maximum absolute atomic E-state index is 12.8. The molecule has 1 N–H and O–H groups in total. The van der Waals surface area contributed by atoms with Crippen LogP contribution in [0.1, 0.15) is 32.3 Å². The molecule has 0 aromatic heterocycles. The summed E-state index contributed by atoms with van der Waals surface area (Å²) in [6.45, 7) is 5.20. The summed E-state index contributed by atoms with van der Waals surface area (Å²) in [5.74, 6) is 0.440. The summed E-state index contributed by atoms with van der Waals surface area (Å²) in [7, 11) is 0. The Bertz CT molecular complexity index is 877. The highest BCUT2D eigenvalue weighted by Gasteiger charge is 2.34. The van der Waals surface area contributed by atoms with Gasteiger partial charge in [0.05, 0.1) is 18.9 Å². The maximum Gasteiger partial charge on any atom is 0.282 e. The Hall–Kier alpha value is -3.28. The molecule has 6 heteroatoms. The van der Waals surface area contributed by atoms with E-state index in [1.54, 1.807) is 30.3 Å². The highest BCUT2D eigenvalue weighted by molar-refractivity contribution is 6.31. The van der Waals surface area contributed by atoms with E-state index in [9.17, 15) is 9.59 Å². The van der Waals surface area contributed by atoms with Crippen LogP contribution in [0.3, 0.4) is 0 Å². The lowest BCUT2D eigenvalue weighted by Crippen LogP contribution is -2.35. The van der Waals surface area contributed by atoms with Gasteiger partial charge in [0.2, 0.25) is 0 Å². The van der Waals surface area contributed by atoms with Gasteiger partial charge in [-0.1, -0.05) is 32.0 Å². The fourth-order valence-electron chi connectivity index (χ4n) is 2.75. The molecule has 2 aromatic rings. The average Bonchev–Trinajstić information content (AvgIpc) is 3.00. The number of anilines is 1. The number of nitrogens with one attached hydrogen (secondary N) is 1. The Balaban J connectivity index is 1.90. The third-order valence-electron chi connectivity index (χ3n) is 4.13. The zero-order valence-electron chi connectivity index (χ0n) is 16.1. The second-order valence-corrected chi connectivity index (χ2v) is 6.37. The fourth-order valence-corrected chi connectivity index (χ4v) is 2.75. The monoisotopic (exact) mass is 380 g/mol. The van der Waals surface area contributed by atoms with Crippen LogP contribution in [0.5, 0.6) is 11.5 Å². The van der Waals surface area contributed by atoms with E-state index in [0.717, 1.165) is 12.8 Å². The molecule has 2 amide bonds. The molecule has 6 nitrogen and oxygen atoms in total. The minimum absolute atomic E-state index is 0.0624. The third-order valence-corrected chi connectivity index (χ3v) is 4.13. The van der Waals surface area contributed by atoms with Crippen LogP contribution in [0.4, 0.5) is 5.69 Å². The van der Waals surface area contributed by atoms with Gasteiger partial charge < -0.3 is 9.47 Å². The van der Waals surface area contributed by atoms with Crippen molar-refractivity contribution in [1.82, 2.24) is 5.43 Å². The predicted molar refractivity (Wildman–Crippen MR) is 108 cm³/mol. The first-order valence-corrected chi connectivity index (χ1v) is 9.45. The average molecular weight is 380 g/mol. The number of nitrogens with zero attached hydrogens (tertiary/aromatic N) is 1. The summed E-state index contributed by atoms with van der Waals surface area (Å²) in [5, 5.41) is 1.25. The largest absolute Gasteiger partial charge is 0.493 e. The second kappa shape index (κ2) is 9.08. The highest BCUT2D eigenvalue weighted by Crippen LogP contribution is 2.29. The van der Waals surface area contributed by atoms with Crippen LogP contribution in [-0.2, 0) is 9.59 Å². The van der Waals surface area contributed by atoms with Crippen molar-refractivity contribution in [3.05, 3.63) is 59.7 Å². The number of amides is 2. The molecule has 0 atom stereocenters. The standard InChI is InChI=1S/C22H24N2O4/c1-3-12-27-18-11-10-16(20(15-18)28-13-4-2)14-19-21(25)23-24(22(19)26)17-8-6-5-7-9-17/h5-11,14-15H,3-4,12-13H2,1-2H3,(H,23,25)/b19-14+. The number of hydrogen-bond acceptors (Lipinski definition) is 4. The Morgan fingerprint density at radius 2 is 1.68 bits per heavy atom. The Morgan fingerprint density at radius 1 is 0.964 bits per heavy atom. The topological polar surface area (TPSA) is 67.9 Å². The number of para-hydroxylation sites is 1. The van der Waals surface area contributed by atoms with E-state index in [-0.39, 0.29) is 5.57 Å². The fraction of sp³-hybridized carbons (Fsp3) is 0.273. The SMILES string of the molecule is CCCOc1ccc(/C=C2\C(=O)NN(c3ccccc3)C2=O)c(OCCC)c1. The van der Waals surface area contributed by atoms with Gasteiger partial charge in [-0.15, -0.1) is 0 Å². The summed E-state index contributed by atoms with van der Waals surface area (Å²) in [6.07, 6.45) is 3.31. The van der Waals surface area contributed by atoms with Gasteiger partial charge in [0.25, 0.3) is 11.8 Å². The normalized spacial score (nSPS) is 15.1. The van der Waals surface area contributed by atoms with Gasteiger partial charge in [0.1, 0.15) is 17.1 Å². The van der Waals surface area contributed by atoms with Crippen LogP contribution in [-0.4, -0.2) is 25.0 Å². The van der Waals surface area contributed by atoms with E-state index in [1.807, 2.05) is 38.1 Å². The molecule has 1 fully saturated rings. The van der Waals surface area contributed by atoms with Crippen molar-refractivity contribution in [3.63, 3.8) is 0 Å². The van der Waals surface area contributed by atoms with Crippen LogP contribution < -0.4 is 19.9 Å². The number of carbonyl (C=O) groups is 2. The van der Waals surface area contributed by atoms with Crippen molar-refractivity contribution in [1.29, 1.82) is 0 Å². The number of benzene rings is 2. The molecule has 146 valence electrons. The molecule has 0 radical (unpaired) electrons. The lowest BCUT2D eigenvalue weighted by molar-refractivity contribution is -0.117. The molecule has 28 heavy (non-hydrogen) atoms. The molecule has 0 saturated carbocycles. The van der Waals surface area contributed by atoms with E-state index in [2.05, 4.69) is 5.43 Å². The third kappa shape index (κ3) is 4.34. The van der Waals surface area contributed by atoms with Gasteiger partial charge in [0.15, 0.2) is 0 Å². The summed E-state index contributed by atoms with van der Waals surface area (Å²) in [4.78, 5) is 25.2.